The monoisotopic (exact) mass is 511 g/mol. The normalized spacial score (nSPS) is 14.1. The molecule has 0 aromatic heterocycles. The molecule has 0 aliphatic carbocycles. The summed E-state index contributed by atoms with van der Waals surface area (Å²) in [6.45, 7) is -0.108. The van der Waals surface area contributed by atoms with Gasteiger partial charge in [-0.05, 0) is 12.0 Å². The Bertz CT molecular complexity index is 1110. The smallest absolute Gasteiger partial charge is 0.408 e. The van der Waals surface area contributed by atoms with Gasteiger partial charge in [-0.2, -0.15) is 0 Å². The highest BCUT2D eigenvalue weighted by Crippen LogP contribution is 2.55. The number of ether oxygens (including phenoxy) is 2. The molecule has 2 rings (SSSR count). The number of non-ortho nitro benzene ring substituents is 2. The Kier molecular flexibility index (Phi) is 9.40. The number of methoxy groups -OCH3 is 1. The summed E-state index contributed by atoms with van der Waals surface area (Å²) in [5.41, 5.74) is -1.38. The first-order chi connectivity index (χ1) is 16.4. The van der Waals surface area contributed by atoms with Crippen molar-refractivity contribution in [3.8, 4) is 0 Å². The number of aliphatic hydroxyl groups excluding tert-OH is 1. The number of carbonyl (C=O) groups excluding carboxylic acids is 2. The maximum Gasteiger partial charge on any atom is 0.408 e. The highest BCUT2D eigenvalue weighted by Gasteiger charge is 2.35. The van der Waals surface area contributed by atoms with E-state index in [2.05, 4.69) is 10.1 Å². The van der Waals surface area contributed by atoms with Gasteiger partial charge >= 0.3 is 12.1 Å². The molecule has 0 fully saturated rings. The Morgan fingerprint density at radius 3 is 2.17 bits per heavy atom. The number of amides is 1. The summed E-state index contributed by atoms with van der Waals surface area (Å²) < 4.78 is 22.3. The molecule has 14 nitrogen and oxygen atoms in total. The Hall–Kier alpha value is -3.87. The van der Waals surface area contributed by atoms with Crippen LogP contribution in [0.2, 0.25) is 0 Å². The van der Waals surface area contributed by atoms with Crippen molar-refractivity contribution >= 4 is 30.8 Å². The van der Waals surface area contributed by atoms with E-state index in [9.17, 15) is 44.4 Å². The third-order valence-corrected chi connectivity index (χ3v) is 6.72. The van der Waals surface area contributed by atoms with Gasteiger partial charge in [0.1, 0.15) is 12.6 Å². The van der Waals surface area contributed by atoms with E-state index in [0.29, 0.717) is 11.6 Å². The maximum absolute atomic E-state index is 12.8. The number of hydrogen-bond acceptors (Lipinski definition) is 10. The average molecular weight is 511 g/mol. The summed E-state index contributed by atoms with van der Waals surface area (Å²) in [5.74, 6) is -3.19. The minimum Gasteiger partial charge on any atom is -0.467 e. The van der Waals surface area contributed by atoms with Gasteiger partial charge in [0, 0.05) is 23.9 Å². The van der Waals surface area contributed by atoms with E-state index in [1.54, 1.807) is 30.3 Å². The Morgan fingerprint density at radius 2 is 1.66 bits per heavy atom. The molecule has 0 spiro atoms. The summed E-state index contributed by atoms with van der Waals surface area (Å²) in [7, 11) is -3.58. The number of rotatable bonds is 11. The molecule has 3 atom stereocenters. The molecule has 2 unspecified atom stereocenters. The zero-order valence-corrected chi connectivity index (χ0v) is 19.2. The molecular formula is C20H22N3O11P. The highest BCUT2D eigenvalue weighted by molar-refractivity contribution is 7.58. The Morgan fingerprint density at radius 1 is 1.09 bits per heavy atom. The van der Waals surface area contributed by atoms with E-state index in [1.165, 1.54) is 0 Å². The molecule has 0 heterocycles. The minimum atomic E-state index is -4.61. The van der Waals surface area contributed by atoms with Crippen molar-refractivity contribution in [3.63, 3.8) is 0 Å². The summed E-state index contributed by atoms with van der Waals surface area (Å²) in [4.78, 5) is 54.6. The first-order valence-corrected chi connectivity index (χ1v) is 11.8. The van der Waals surface area contributed by atoms with Crippen LogP contribution < -0.4 is 5.32 Å². The van der Waals surface area contributed by atoms with Crippen LogP contribution in [0.3, 0.4) is 0 Å². The molecule has 2 aromatic carbocycles. The van der Waals surface area contributed by atoms with Crippen LogP contribution in [0.15, 0.2) is 48.5 Å². The molecule has 0 aliphatic heterocycles. The van der Waals surface area contributed by atoms with Crippen molar-refractivity contribution in [1.29, 1.82) is 0 Å². The minimum absolute atomic E-state index is 0.108. The van der Waals surface area contributed by atoms with Crippen molar-refractivity contribution in [1.82, 2.24) is 5.32 Å². The van der Waals surface area contributed by atoms with Crippen LogP contribution in [0.5, 0.6) is 0 Å². The lowest BCUT2D eigenvalue weighted by Gasteiger charge is -2.21. The summed E-state index contributed by atoms with van der Waals surface area (Å²) in [6.07, 6.45) is -2.23. The van der Waals surface area contributed by atoms with Gasteiger partial charge in [-0.1, -0.05) is 30.3 Å². The number of hydrogen-bond donors (Lipinski definition) is 3. The summed E-state index contributed by atoms with van der Waals surface area (Å²) in [5, 5.41) is 34.7. The van der Waals surface area contributed by atoms with Crippen molar-refractivity contribution in [3.05, 3.63) is 79.9 Å². The number of alkyl carbamates (subject to hydrolysis) is 1. The van der Waals surface area contributed by atoms with E-state index in [1.807, 2.05) is 0 Å². The topological polar surface area (TPSA) is 208 Å². The predicted octanol–water partition coefficient (Wildman–Crippen LogP) is 2.62. The lowest BCUT2D eigenvalue weighted by molar-refractivity contribution is -0.394. The molecule has 0 radical (unpaired) electrons. The van der Waals surface area contributed by atoms with Gasteiger partial charge in [0.15, 0.2) is 5.85 Å². The van der Waals surface area contributed by atoms with Crippen molar-refractivity contribution in [2.75, 3.05) is 13.3 Å². The maximum atomic E-state index is 12.8. The number of benzene rings is 2. The Labute approximate surface area is 198 Å². The van der Waals surface area contributed by atoms with Crippen LogP contribution in [0.4, 0.5) is 16.2 Å². The molecular weight excluding hydrogens is 489 g/mol. The van der Waals surface area contributed by atoms with Crippen LogP contribution in [-0.2, 0) is 25.4 Å². The SMILES string of the molecule is COC(=O)[C@H](CCP(=O)(O)C(O)c1cc([N+](=O)[O-])cc([N+](=O)[O-])c1)NC(=O)OCc1ccccc1. The molecule has 188 valence electrons. The van der Waals surface area contributed by atoms with Crippen LogP contribution >= 0.6 is 7.37 Å². The molecule has 0 aliphatic rings. The van der Waals surface area contributed by atoms with Crippen molar-refractivity contribution < 1.29 is 43.5 Å². The lowest BCUT2D eigenvalue weighted by Crippen LogP contribution is -2.42. The van der Waals surface area contributed by atoms with E-state index < -0.39 is 70.7 Å². The number of nitro benzene ring substituents is 2. The molecule has 0 saturated heterocycles. The molecule has 35 heavy (non-hydrogen) atoms. The van der Waals surface area contributed by atoms with Gasteiger partial charge in [-0.25, -0.2) is 9.59 Å². The molecule has 1 amide bonds. The number of nitrogens with zero attached hydrogens (tertiary/aromatic N) is 2. The fraction of sp³-hybridized carbons (Fsp3) is 0.300. The van der Waals surface area contributed by atoms with Crippen molar-refractivity contribution in [2.24, 2.45) is 0 Å². The highest BCUT2D eigenvalue weighted by atomic mass is 31.2. The third kappa shape index (κ3) is 7.84. The largest absolute Gasteiger partial charge is 0.467 e. The number of aliphatic hydroxyl groups is 1. The fourth-order valence-electron chi connectivity index (χ4n) is 2.95. The van der Waals surface area contributed by atoms with Gasteiger partial charge in [0.25, 0.3) is 11.4 Å². The van der Waals surface area contributed by atoms with E-state index in [0.717, 1.165) is 19.2 Å². The number of nitrogens with one attached hydrogen (secondary N) is 1. The number of carbonyl (C=O) groups is 2. The average Bonchev–Trinajstić information content (AvgIpc) is 2.84. The fourth-order valence-corrected chi connectivity index (χ4v) is 4.43. The van der Waals surface area contributed by atoms with Gasteiger partial charge in [0.05, 0.1) is 23.0 Å². The standard InChI is InChI=1S/C20H22N3O11P/c1-33-18(24)17(21-20(26)34-12-13-5-3-2-4-6-13)7-8-35(31,32)19(25)14-9-15(22(27)28)11-16(10-14)23(29)30/h2-6,9-11,17,19,25H,7-8,12H2,1H3,(H,21,26)(H,31,32)/t17-,19?/m0/s1. The zero-order chi connectivity index (χ0) is 26.2. The van der Waals surface area contributed by atoms with Gasteiger partial charge in [-0.3, -0.25) is 24.8 Å². The van der Waals surface area contributed by atoms with Gasteiger partial charge < -0.3 is 24.8 Å². The summed E-state index contributed by atoms with van der Waals surface area (Å²) >= 11 is 0. The van der Waals surface area contributed by atoms with E-state index in [4.69, 9.17) is 4.74 Å². The molecule has 15 heteroatoms. The second-order valence-electron chi connectivity index (χ2n) is 7.22. The zero-order valence-electron chi connectivity index (χ0n) is 18.3. The molecule has 3 N–H and O–H groups in total. The van der Waals surface area contributed by atoms with Gasteiger partial charge in [-0.15, -0.1) is 0 Å². The molecule has 0 bridgehead atoms. The second kappa shape index (κ2) is 12.0. The second-order valence-corrected chi connectivity index (χ2v) is 9.67. The van der Waals surface area contributed by atoms with Crippen molar-refractivity contribution in [2.45, 2.75) is 24.9 Å². The quantitative estimate of drug-likeness (QED) is 0.173. The molecule has 2 aromatic rings. The number of esters is 1. The first kappa shape index (κ1) is 27.4. The van der Waals surface area contributed by atoms with Crippen LogP contribution in [-0.4, -0.2) is 51.2 Å². The first-order valence-electron chi connectivity index (χ1n) is 9.93. The van der Waals surface area contributed by atoms with Gasteiger partial charge in [0.2, 0.25) is 7.37 Å². The third-order valence-electron chi connectivity index (χ3n) is 4.76. The van der Waals surface area contributed by atoms with E-state index >= 15 is 0 Å². The summed E-state index contributed by atoms with van der Waals surface area (Å²) in [6, 6.07) is 9.31. The van der Waals surface area contributed by atoms with E-state index in [-0.39, 0.29) is 6.61 Å². The number of nitro groups is 2. The Balaban J connectivity index is 2.11. The van der Waals surface area contributed by atoms with Crippen LogP contribution in [0.1, 0.15) is 23.4 Å². The van der Waals surface area contributed by atoms with Crippen LogP contribution in [0.25, 0.3) is 0 Å². The lowest BCUT2D eigenvalue weighted by atomic mass is 10.2. The predicted molar refractivity (Wildman–Crippen MR) is 120 cm³/mol. The van der Waals surface area contributed by atoms with Crippen LogP contribution in [0, 0.1) is 20.2 Å². The molecule has 0 saturated carbocycles.